The Morgan fingerprint density at radius 3 is 2.79 bits per heavy atom. The van der Waals surface area contributed by atoms with Crippen molar-refractivity contribution in [2.45, 2.75) is 39.0 Å². The van der Waals surface area contributed by atoms with E-state index >= 15 is 0 Å². The molecule has 0 aromatic carbocycles. The highest BCUT2D eigenvalue weighted by Crippen LogP contribution is 2.33. The molecular formula is C11H20O2S. The summed E-state index contributed by atoms with van der Waals surface area (Å²) < 4.78 is 0. The molecule has 82 valence electrons. The third kappa shape index (κ3) is 3.52. The molecule has 0 radical (unpaired) electrons. The van der Waals surface area contributed by atoms with Crippen LogP contribution in [0.4, 0.5) is 0 Å². The van der Waals surface area contributed by atoms with Crippen molar-refractivity contribution in [3.8, 4) is 0 Å². The molecule has 1 N–H and O–H groups in total. The van der Waals surface area contributed by atoms with Crippen LogP contribution in [0.15, 0.2) is 0 Å². The zero-order valence-corrected chi connectivity index (χ0v) is 9.68. The Morgan fingerprint density at radius 1 is 1.43 bits per heavy atom. The summed E-state index contributed by atoms with van der Waals surface area (Å²) >= 11 is 1.92. The molecular weight excluding hydrogens is 196 g/mol. The van der Waals surface area contributed by atoms with Crippen LogP contribution in [0, 0.1) is 11.8 Å². The third-order valence-corrected chi connectivity index (χ3v) is 4.00. The predicted molar refractivity (Wildman–Crippen MR) is 60.7 cm³/mol. The summed E-state index contributed by atoms with van der Waals surface area (Å²) in [5, 5.41) is 9.06. The minimum Gasteiger partial charge on any atom is -0.481 e. The molecule has 1 aliphatic carbocycles. The van der Waals surface area contributed by atoms with Crippen molar-refractivity contribution in [1.29, 1.82) is 0 Å². The van der Waals surface area contributed by atoms with Gasteiger partial charge in [-0.3, -0.25) is 4.79 Å². The summed E-state index contributed by atoms with van der Waals surface area (Å²) in [4.78, 5) is 11.0. The molecule has 0 aromatic heterocycles. The van der Waals surface area contributed by atoms with Gasteiger partial charge >= 0.3 is 5.97 Å². The van der Waals surface area contributed by atoms with Gasteiger partial charge in [0.05, 0.1) is 5.92 Å². The van der Waals surface area contributed by atoms with Gasteiger partial charge in [-0.15, -0.1) is 0 Å². The maximum atomic E-state index is 11.0. The molecule has 1 aliphatic rings. The molecule has 2 atom stereocenters. The van der Waals surface area contributed by atoms with E-state index in [-0.39, 0.29) is 5.92 Å². The first-order valence-corrected chi connectivity index (χ1v) is 6.71. The number of aliphatic carboxylic acids is 1. The molecule has 2 nitrogen and oxygen atoms in total. The fraction of sp³-hybridized carbons (Fsp3) is 0.909. The van der Waals surface area contributed by atoms with Crippen LogP contribution >= 0.6 is 11.8 Å². The third-order valence-electron chi connectivity index (χ3n) is 3.06. The molecule has 0 amide bonds. The van der Waals surface area contributed by atoms with Gasteiger partial charge in [-0.25, -0.2) is 0 Å². The molecule has 0 aromatic rings. The first kappa shape index (κ1) is 11.9. The van der Waals surface area contributed by atoms with Crippen LogP contribution in [0.3, 0.4) is 0 Å². The SMILES string of the molecule is CCSCCC1CCCCC1C(=O)O. The molecule has 0 bridgehead atoms. The summed E-state index contributed by atoms with van der Waals surface area (Å²) in [6.45, 7) is 2.15. The fourth-order valence-electron chi connectivity index (χ4n) is 2.26. The fourth-order valence-corrected chi connectivity index (χ4v) is 3.02. The van der Waals surface area contributed by atoms with Gasteiger partial charge in [0.1, 0.15) is 0 Å². The van der Waals surface area contributed by atoms with Crippen LogP contribution in [0.5, 0.6) is 0 Å². The largest absolute Gasteiger partial charge is 0.481 e. The van der Waals surface area contributed by atoms with Crippen molar-refractivity contribution in [1.82, 2.24) is 0 Å². The standard InChI is InChI=1S/C11H20O2S/c1-2-14-8-7-9-5-3-4-6-10(9)11(12)13/h9-10H,2-8H2,1H3,(H,12,13). The van der Waals surface area contributed by atoms with Gasteiger partial charge in [0.15, 0.2) is 0 Å². The first-order valence-electron chi connectivity index (χ1n) is 5.56. The van der Waals surface area contributed by atoms with Crippen LogP contribution in [-0.4, -0.2) is 22.6 Å². The van der Waals surface area contributed by atoms with E-state index in [1.165, 1.54) is 6.42 Å². The van der Waals surface area contributed by atoms with Crippen molar-refractivity contribution in [2.75, 3.05) is 11.5 Å². The zero-order chi connectivity index (χ0) is 10.4. The minimum absolute atomic E-state index is 0.0544. The molecule has 14 heavy (non-hydrogen) atoms. The molecule has 0 heterocycles. The summed E-state index contributed by atoms with van der Waals surface area (Å²) in [5.41, 5.74) is 0. The van der Waals surface area contributed by atoms with Crippen LogP contribution in [-0.2, 0) is 4.79 Å². The zero-order valence-electron chi connectivity index (χ0n) is 8.87. The lowest BCUT2D eigenvalue weighted by atomic mass is 9.78. The maximum Gasteiger partial charge on any atom is 0.306 e. The quantitative estimate of drug-likeness (QED) is 0.718. The van der Waals surface area contributed by atoms with E-state index in [9.17, 15) is 4.79 Å². The van der Waals surface area contributed by atoms with E-state index in [1.54, 1.807) is 0 Å². The number of rotatable bonds is 5. The Labute approximate surface area is 90.5 Å². The van der Waals surface area contributed by atoms with E-state index < -0.39 is 5.97 Å². The molecule has 2 unspecified atom stereocenters. The highest BCUT2D eigenvalue weighted by Gasteiger charge is 2.29. The molecule has 0 aliphatic heterocycles. The average Bonchev–Trinajstić information content (AvgIpc) is 2.19. The van der Waals surface area contributed by atoms with Crippen molar-refractivity contribution < 1.29 is 9.90 Å². The second-order valence-electron chi connectivity index (χ2n) is 3.97. The van der Waals surface area contributed by atoms with Gasteiger partial charge in [0, 0.05) is 0 Å². The molecule has 0 saturated heterocycles. The summed E-state index contributed by atoms with van der Waals surface area (Å²) in [6, 6.07) is 0. The number of hydrogen-bond acceptors (Lipinski definition) is 2. The van der Waals surface area contributed by atoms with Crippen molar-refractivity contribution in [2.24, 2.45) is 11.8 Å². The smallest absolute Gasteiger partial charge is 0.306 e. The molecule has 1 saturated carbocycles. The van der Waals surface area contributed by atoms with E-state index in [1.807, 2.05) is 11.8 Å². The van der Waals surface area contributed by atoms with Crippen LogP contribution in [0.25, 0.3) is 0 Å². The molecule has 1 fully saturated rings. The number of thioether (sulfide) groups is 1. The summed E-state index contributed by atoms with van der Waals surface area (Å²) in [7, 11) is 0. The van der Waals surface area contributed by atoms with E-state index in [4.69, 9.17) is 5.11 Å². The lowest BCUT2D eigenvalue weighted by molar-refractivity contribution is -0.144. The Kier molecular flexibility index (Phi) is 5.38. The van der Waals surface area contributed by atoms with E-state index in [0.29, 0.717) is 5.92 Å². The summed E-state index contributed by atoms with van der Waals surface area (Å²) in [5.74, 6) is 2.09. The Morgan fingerprint density at radius 2 is 2.14 bits per heavy atom. The second-order valence-corrected chi connectivity index (χ2v) is 5.37. The second kappa shape index (κ2) is 6.33. The van der Waals surface area contributed by atoms with Gasteiger partial charge < -0.3 is 5.11 Å². The van der Waals surface area contributed by atoms with E-state index in [0.717, 1.165) is 37.2 Å². The van der Waals surface area contributed by atoms with Gasteiger partial charge in [-0.1, -0.05) is 19.8 Å². The van der Waals surface area contributed by atoms with Crippen molar-refractivity contribution >= 4 is 17.7 Å². The number of carboxylic acids is 1. The number of hydrogen-bond donors (Lipinski definition) is 1. The van der Waals surface area contributed by atoms with Crippen molar-refractivity contribution in [3.63, 3.8) is 0 Å². The number of carboxylic acid groups (broad SMARTS) is 1. The molecule has 0 spiro atoms. The van der Waals surface area contributed by atoms with Crippen LogP contribution in [0.2, 0.25) is 0 Å². The lowest BCUT2D eigenvalue weighted by Crippen LogP contribution is -2.27. The highest BCUT2D eigenvalue weighted by atomic mass is 32.2. The van der Waals surface area contributed by atoms with Crippen LogP contribution in [0.1, 0.15) is 39.0 Å². The monoisotopic (exact) mass is 216 g/mol. The Hall–Kier alpha value is -0.180. The first-order chi connectivity index (χ1) is 6.75. The summed E-state index contributed by atoms with van der Waals surface area (Å²) in [6.07, 6.45) is 5.45. The highest BCUT2D eigenvalue weighted by molar-refractivity contribution is 7.99. The normalized spacial score (nSPS) is 27.5. The lowest BCUT2D eigenvalue weighted by Gasteiger charge is -2.28. The van der Waals surface area contributed by atoms with Crippen LogP contribution < -0.4 is 0 Å². The Bertz CT molecular complexity index is 182. The maximum absolute atomic E-state index is 11.0. The van der Waals surface area contributed by atoms with Gasteiger partial charge in [0.25, 0.3) is 0 Å². The van der Waals surface area contributed by atoms with Gasteiger partial charge in [-0.05, 0) is 36.7 Å². The van der Waals surface area contributed by atoms with Gasteiger partial charge in [0.2, 0.25) is 0 Å². The number of carbonyl (C=O) groups is 1. The van der Waals surface area contributed by atoms with Gasteiger partial charge in [-0.2, -0.15) is 11.8 Å². The average molecular weight is 216 g/mol. The molecule has 1 rings (SSSR count). The van der Waals surface area contributed by atoms with E-state index in [2.05, 4.69) is 6.92 Å². The Balaban J connectivity index is 2.34. The topological polar surface area (TPSA) is 37.3 Å². The predicted octanol–water partition coefficient (Wildman–Crippen LogP) is 3.02. The van der Waals surface area contributed by atoms with Crippen molar-refractivity contribution in [3.05, 3.63) is 0 Å². The minimum atomic E-state index is -0.573. The molecule has 3 heteroatoms.